The molecule has 0 radical (unpaired) electrons. The van der Waals surface area contributed by atoms with Crippen LogP contribution < -0.4 is 0 Å². The summed E-state index contributed by atoms with van der Waals surface area (Å²) in [6, 6.07) is 0. The van der Waals surface area contributed by atoms with Crippen LogP contribution in [-0.4, -0.2) is 34.0 Å². The average molecular weight is 248 g/mol. The third-order valence-corrected chi connectivity index (χ3v) is 2.29. The Balaban J connectivity index is 0. The van der Waals surface area contributed by atoms with Gasteiger partial charge in [0.05, 0.1) is 6.10 Å². The minimum atomic E-state index is -0.666. The van der Waals surface area contributed by atoms with E-state index >= 15 is 0 Å². The summed E-state index contributed by atoms with van der Waals surface area (Å²) >= 11 is 0. The van der Waals surface area contributed by atoms with Crippen molar-refractivity contribution in [3.63, 3.8) is 0 Å². The van der Waals surface area contributed by atoms with E-state index in [9.17, 15) is 4.79 Å². The molecule has 0 aromatic carbocycles. The van der Waals surface area contributed by atoms with Gasteiger partial charge in [-0.3, -0.25) is 4.79 Å². The zero-order chi connectivity index (χ0) is 13.5. The van der Waals surface area contributed by atoms with Gasteiger partial charge in [0, 0.05) is 13.0 Å². The first-order valence-corrected chi connectivity index (χ1v) is 6.55. The third kappa shape index (κ3) is 25.6. The van der Waals surface area contributed by atoms with Gasteiger partial charge in [-0.2, -0.15) is 0 Å². The van der Waals surface area contributed by atoms with Crippen molar-refractivity contribution in [1.29, 1.82) is 0 Å². The Labute approximate surface area is 105 Å². The number of aliphatic hydroxyl groups excluding tert-OH is 2. The van der Waals surface area contributed by atoms with Crippen molar-refractivity contribution in [3.05, 3.63) is 0 Å². The van der Waals surface area contributed by atoms with E-state index in [4.69, 9.17) is 15.3 Å². The largest absolute Gasteiger partial charge is 0.481 e. The molecule has 0 aliphatic carbocycles. The van der Waals surface area contributed by atoms with E-state index in [0.29, 0.717) is 12.8 Å². The van der Waals surface area contributed by atoms with Crippen molar-refractivity contribution in [1.82, 2.24) is 0 Å². The number of hydrogen-bond acceptors (Lipinski definition) is 3. The second-order valence-electron chi connectivity index (χ2n) is 4.27. The molecule has 4 nitrogen and oxygen atoms in total. The normalized spacial score (nSPS) is 11.5. The molecule has 0 heterocycles. The molecule has 0 aliphatic heterocycles. The van der Waals surface area contributed by atoms with Crippen LogP contribution in [0.15, 0.2) is 0 Å². The van der Waals surface area contributed by atoms with Gasteiger partial charge in [-0.05, 0) is 19.8 Å². The van der Waals surface area contributed by atoms with E-state index in [-0.39, 0.29) is 12.7 Å². The fraction of sp³-hybridized carbons (Fsp3) is 0.923. The van der Waals surface area contributed by atoms with Crippen molar-refractivity contribution in [2.45, 2.75) is 71.3 Å². The minimum Gasteiger partial charge on any atom is -0.481 e. The van der Waals surface area contributed by atoms with Crippen LogP contribution in [-0.2, 0) is 4.79 Å². The Kier molecular flexibility index (Phi) is 17.0. The second kappa shape index (κ2) is 15.4. The lowest BCUT2D eigenvalue weighted by Gasteiger charge is -1.97. The smallest absolute Gasteiger partial charge is 0.303 e. The lowest BCUT2D eigenvalue weighted by Crippen LogP contribution is -2.00. The number of unbranched alkanes of at least 4 members (excludes halogenated alkanes) is 5. The van der Waals surface area contributed by atoms with Gasteiger partial charge in [0.25, 0.3) is 0 Å². The van der Waals surface area contributed by atoms with Gasteiger partial charge in [0.1, 0.15) is 0 Å². The van der Waals surface area contributed by atoms with E-state index < -0.39 is 5.97 Å². The van der Waals surface area contributed by atoms with E-state index in [1.807, 2.05) is 0 Å². The van der Waals surface area contributed by atoms with E-state index in [1.54, 1.807) is 6.92 Å². The van der Waals surface area contributed by atoms with Crippen molar-refractivity contribution in [3.8, 4) is 0 Å². The summed E-state index contributed by atoms with van der Waals surface area (Å²) in [5, 5.41) is 24.8. The number of carboxylic acids is 1. The maximum Gasteiger partial charge on any atom is 0.303 e. The van der Waals surface area contributed by atoms with E-state index in [0.717, 1.165) is 12.8 Å². The van der Waals surface area contributed by atoms with Gasteiger partial charge >= 0.3 is 5.97 Å². The van der Waals surface area contributed by atoms with Crippen molar-refractivity contribution in [2.75, 3.05) is 6.61 Å². The quantitative estimate of drug-likeness (QED) is 0.548. The Morgan fingerprint density at radius 1 is 1.12 bits per heavy atom. The summed E-state index contributed by atoms with van der Waals surface area (Å²) in [7, 11) is 0. The molecule has 1 atom stereocenters. The van der Waals surface area contributed by atoms with Gasteiger partial charge in [0.15, 0.2) is 0 Å². The van der Waals surface area contributed by atoms with Crippen LogP contribution in [0.5, 0.6) is 0 Å². The first kappa shape index (κ1) is 18.7. The van der Waals surface area contributed by atoms with Gasteiger partial charge in [-0.15, -0.1) is 0 Å². The van der Waals surface area contributed by atoms with Gasteiger partial charge in [0.2, 0.25) is 0 Å². The molecule has 0 saturated heterocycles. The molecule has 4 heteroatoms. The summed E-state index contributed by atoms with van der Waals surface area (Å²) in [5.41, 5.74) is 0. The molecule has 104 valence electrons. The lowest BCUT2D eigenvalue weighted by molar-refractivity contribution is -0.137. The topological polar surface area (TPSA) is 77.8 Å². The predicted octanol–water partition coefficient (Wildman–Crippen LogP) is 2.57. The van der Waals surface area contributed by atoms with Gasteiger partial charge < -0.3 is 15.3 Å². The maximum absolute atomic E-state index is 10.1. The van der Waals surface area contributed by atoms with Crippen LogP contribution in [0.4, 0.5) is 0 Å². The summed E-state index contributed by atoms with van der Waals surface area (Å²) in [4.78, 5) is 10.1. The minimum absolute atomic E-state index is 0.0810. The van der Waals surface area contributed by atoms with Crippen LogP contribution >= 0.6 is 0 Å². The van der Waals surface area contributed by atoms with Gasteiger partial charge in [-0.25, -0.2) is 0 Å². The molecule has 0 spiro atoms. The summed E-state index contributed by atoms with van der Waals surface area (Å²) in [6.45, 7) is 3.91. The van der Waals surface area contributed by atoms with Crippen molar-refractivity contribution in [2.24, 2.45) is 0 Å². The Morgan fingerprint density at radius 3 is 2.00 bits per heavy atom. The molecule has 0 saturated carbocycles. The highest BCUT2D eigenvalue weighted by molar-refractivity contribution is 5.66. The SMILES string of the molecule is CC(O)CCO.CCCCCCCCC(=O)O. The Morgan fingerprint density at radius 2 is 1.65 bits per heavy atom. The molecular formula is C13H28O4. The van der Waals surface area contributed by atoms with E-state index in [1.165, 1.54) is 25.7 Å². The Hall–Kier alpha value is -0.610. The fourth-order valence-electron chi connectivity index (χ4n) is 1.24. The molecule has 0 aromatic rings. The van der Waals surface area contributed by atoms with Gasteiger partial charge in [-0.1, -0.05) is 39.0 Å². The summed E-state index contributed by atoms with van der Waals surface area (Å²) in [6.07, 6.45) is 7.38. The summed E-state index contributed by atoms with van der Waals surface area (Å²) < 4.78 is 0. The molecule has 0 fully saturated rings. The highest BCUT2D eigenvalue weighted by atomic mass is 16.4. The summed E-state index contributed by atoms with van der Waals surface area (Å²) in [5.74, 6) is -0.666. The first-order valence-electron chi connectivity index (χ1n) is 6.55. The Bertz CT molecular complexity index is 157. The maximum atomic E-state index is 10.1. The molecule has 17 heavy (non-hydrogen) atoms. The van der Waals surface area contributed by atoms with Crippen LogP contribution in [0.25, 0.3) is 0 Å². The number of aliphatic carboxylic acids is 1. The van der Waals surface area contributed by atoms with Crippen LogP contribution in [0.2, 0.25) is 0 Å². The van der Waals surface area contributed by atoms with Crippen molar-refractivity contribution < 1.29 is 20.1 Å². The number of hydrogen-bond donors (Lipinski definition) is 3. The molecule has 0 aromatic heterocycles. The monoisotopic (exact) mass is 248 g/mol. The molecule has 0 rings (SSSR count). The molecular weight excluding hydrogens is 220 g/mol. The van der Waals surface area contributed by atoms with E-state index in [2.05, 4.69) is 6.92 Å². The zero-order valence-electron chi connectivity index (χ0n) is 11.2. The van der Waals surface area contributed by atoms with Crippen molar-refractivity contribution >= 4 is 5.97 Å². The molecule has 0 aliphatic rings. The van der Waals surface area contributed by atoms with Crippen LogP contribution in [0.3, 0.4) is 0 Å². The standard InChI is InChI=1S/C9H18O2.C4H10O2/c1-2-3-4-5-6-7-8-9(10)11;1-4(6)2-3-5/h2-8H2,1H3,(H,10,11);4-6H,2-3H2,1H3. The number of aliphatic hydroxyl groups is 2. The molecule has 0 amide bonds. The van der Waals surface area contributed by atoms with Crippen LogP contribution in [0, 0.1) is 0 Å². The number of rotatable bonds is 9. The zero-order valence-corrected chi connectivity index (χ0v) is 11.2. The number of carboxylic acid groups (broad SMARTS) is 1. The highest BCUT2D eigenvalue weighted by Crippen LogP contribution is 2.06. The lowest BCUT2D eigenvalue weighted by atomic mass is 10.1. The predicted molar refractivity (Wildman–Crippen MR) is 69.0 cm³/mol. The number of carbonyl (C=O) groups is 1. The fourth-order valence-corrected chi connectivity index (χ4v) is 1.24. The third-order valence-electron chi connectivity index (χ3n) is 2.29. The van der Waals surface area contributed by atoms with Crippen LogP contribution in [0.1, 0.15) is 65.2 Å². The average Bonchev–Trinajstić information content (AvgIpc) is 2.23. The molecule has 0 bridgehead atoms. The highest BCUT2D eigenvalue weighted by Gasteiger charge is 1.95. The molecule has 1 unspecified atom stereocenters. The molecule has 3 N–H and O–H groups in total. The second-order valence-corrected chi connectivity index (χ2v) is 4.27. The first-order chi connectivity index (χ1) is 8.04.